The third-order valence-electron chi connectivity index (χ3n) is 3.87. The van der Waals surface area contributed by atoms with Crippen LogP contribution in [0, 0.1) is 5.92 Å². The van der Waals surface area contributed by atoms with Crippen LogP contribution in [0.3, 0.4) is 0 Å². The van der Waals surface area contributed by atoms with Crippen molar-refractivity contribution in [2.24, 2.45) is 5.92 Å². The molecule has 3 heteroatoms. The highest BCUT2D eigenvalue weighted by Crippen LogP contribution is 2.36. The average Bonchev–Trinajstić information content (AvgIpc) is 2.70. The molecule has 1 saturated heterocycles. The molecule has 0 amide bonds. The van der Waals surface area contributed by atoms with Gasteiger partial charge in [0.25, 0.3) is 0 Å². The Kier molecular flexibility index (Phi) is 3.04. The second-order valence-electron chi connectivity index (χ2n) is 5.18. The predicted octanol–water partition coefficient (Wildman–Crippen LogP) is 2.89. The standard InChI is InChI=1S/C15H17NOS/c1-11-9-18-10-15(11,17)8-12-6-7-16-14-5-3-2-4-13(12)14/h2-7,11,17H,8-10H2,1H3. The first-order valence-electron chi connectivity index (χ1n) is 6.32. The number of hydrogen-bond acceptors (Lipinski definition) is 3. The highest BCUT2D eigenvalue weighted by Gasteiger charge is 2.39. The Morgan fingerprint density at radius 1 is 1.39 bits per heavy atom. The molecule has 1 aliphatic rings. The third kappa shape index (κ3) is 2.02. The summed E-state index contributed by atoms with van der Waals surface area (Å²) in [6.07, 6.45) is 2.57. The van der Waals surface area contributed by atoms with Crippen LogP contribution in [0.4, 0.5) is 0 Å². The van der Waals surface area contributed by atoms with Crippen LogP contribution in [0.15, 0.2) is 36.5 Å². The molecule has 0 radical (unpaired) electrons. The lowest BCUT2D eigenvalue weighted by atomic mass is 9.85. The first-order valence-corrected chi connectivity index (χ1v) is 7.47. The Labute approximate surface area is 111 Å². The molecule has 1 aromatic heterocycles. The first-order chi connectivity index (χ1) is 8.69. The van der Waals surface area contributed by atoms with Gasteiger partial charge in [0, 0.05) is 23.8 Å². The van der Waals surface area contributed by atoms with Crippen molar-refractivity contribution in [3.8, 4) is 0 Å². The number of pyridine rings is 1. The van der Waals surface area contributed by atoms with Crippen molar-refractivity contribution in [1.29, 1.82) is 0 Å². The quantitative estimate of drug-likeness (QED) is 0.900. The van der Waals surface area contributed by atoms with Gasteiger partial charge in [0.15, 0.2) is 0 Å². The van der Waals surface area contributed by atoms with E-state index in [0.717, 1.165) is 28.8 Å². The average molecular weight is 259 g/mol. The van der Waals surface area contributed by atoms with Crippen molar-refractivity contribution in [1.82, 2.24) is 4.98 Å². The van der Waals surface area contributed by atoms with Gasteiger partial charge in [0.1, 0.15) is 0 Å². The van der Waals surface area contributed by atoms with Crippen LogP contribution < -0.4 is 0 Å². The summed E-state index contributed by atoms with van der Waals surface area (Å²) in [7, 11) is 0. The monoisotopic (exact) mass is 259 g/mol. The van der Waals surface area contributed by atoms with Crippen LogP contribution in [0.1, 0.15) is 12.5 Å². The van der Waals surface area contributed by atoms with E-state index >= 15 is 0 Å². The molecule has 94 valence electrons. The fourth-order valence-corrected chi connectivity index (χ4v) is 4.10. The summed E-state index contributed by atoms with van der Waals surface area (Å²) in [4.78, 5) is 4.37. The number of fused-ring (bicyclic) bond motifs is 1. The molecule has 2 atom stereocenters. The molecule has 1 N–H and O–H groups in total. The van der Waals surface area contributed by atoms with Crippen LogP contribution in [-0.2, 0) is 6.42 Å². The van der Waals surface area contributed by atoms with Gasteiger partial charge in [-0.15, -0.1) is 0 Å². The minimum atomic E-state index is -0.561. The molecule has 0 spiro atoms. The second kappa shape index (κ2) is 4.56. The number of hydrogen-bond donors (Lipinski definition) is 1. The largest absolute Gasteiger partial charge is 0.388 e. The minimum absolute atomic E-state index is 0.356. The zero-order valence-corrected chi connectivity index (χ0v) is 11.3. The van der Waals surface area contributed by atoms with E-state index in [-0.39, 0.29) is 0 Å². The maximum absolute atomic E-state index is 10.7. The number of benzene rings is 1. The molecule has 1 aromatic carbocycles. The van der Waals surface area contributed by atoms with E-state index in [2.05, 4.69) is 18.0 Å². The lowest BCUT2D eigenvalue weighted by Crippen LogP contribution is -2.37. The van der Waals surface area contributed by atoms with Gasteiger partial charge < -0.3 is 5.11 Å². The van der Waals surface area contributed by atoms with Gasteiger partial charge in [-0.05, 0) is 29.4 Å². The lowest BCUT2D eigenvalue weighted by Gasteiger charge is -2.27. The summed E-state index contributed by atoms with van der Waals surface area (Å²) in [6, 6.07) is 10.2. The van der Waals surface area contributed by atoms with Gasteiger partial charge in [-0.1, -0.05) is 25.1 Å². The molecule has 2 unspecified atom stereocenters. The molecule has 0 aliphatic carbocycles. The molecular weight excluding hydrogens is 242 g/mol. The molecule has 2 nitrogen and oxygen atoms in total. The number of para-hydroxylation sites is 1. The van der Waals surface area contributed by atoms with Gasteiger partial charge in [-0.2, -0.15) is 11.8 Å². The molecule has 0 saturated carbocycles. The highest BCUT2D eigenvalue weighted by atomic mass is 32.2. The Morgan fingerprint density at radius 2 is 2.22 bits per heavy atom. The number of rotatable bonds is 2. The van der Waals surface area contributed by atoms with Crippen molar-refractivity contribution >= 4 is 22.7 Å². The van der Waals surface area contributed by atoms with E-state index in [4.69, 9.17) is 0 Å². The summed E-state index contributed by atoms with van der Waals surface area (Å²) >= 11 is 1.85. The lowest BCUT2D eigenvalue weighted by molar-refractivity contribution is 0.0281. The van der Waals surface area contributed by atoms with E-state index < -0.39 is 5.60 Å². The predicted molar refractivity (Wildman–Crippen MR) is 76.9 cm³/mol. The van der Waals surface area contributed by atoms with Crippen LogP contribution in [0.2, 0.25) is 0 Å². The SMILES string of the molecule is CC1CSCC1(O)Cc1ccnc2ccccc12. The normalized spacial score (nSPS) is 27.8. The Morgan fingerprint density at radius 3 is 3.00 bits per heavy atom. The van der Waals surface area contributed by atoms with Crippen LogP contribution in [-0.4, -0.2) is 27.2 Å². The number of nitrogens with zero attached hydrogens (tertiary/aromatic N) is 1. The molecule has 2 aromatic rings. The van der Waals surface area contributed by atoms with E-state index in [1.54, 1.807) is 0 Å². The van der Waals surface area contributed by atoms with Crippen molar-refractivity contribution in [2.45, 2.75) is 18.9 Å². The Bertz CT molecular complexity index is 566. The highest BCUT2D eigenvalue weighted by molar-refractivity contribution is 7.99. The number of aromatic nitrogens is 1. The summed E-state index contributed by atoms with van der Waals surface area (Å²) in [5.74, 6) is 2.25. The van der Waals surface area contributed by atoms with Gasteiger partial charge in [0.05, 0.1) is 11.1 Å². The first kappa shape index (κ1) is 12.0. The van der Waals surface area contributed by atoms with Gasteiger partial charge in [-0.3, -0.25) is 4.98 Å². The maximum Gasteiger partial charge on any atom is 0.0811 e. The smallest absolute Gasteiger partial charge is 0.0811 e. The van der Waals surface area contributed by atoms with Crippen molar-refractivity contribution in [3.05, 3.63) is 42.1 Å². The fourth-order valence-electron chi connectivity index (χ4n) is 2.57. The zero-order valence-electron chi connectivity index (χ0n) is 10.5. The topological polar surface area (TPSA) is 33.1 Å². The minimum Gasteiger partial charge on any atom is -0.388 e. The number of thioether (sulfide) groups is 1. The zero-order chi connectivity index (χ0) is 12.6. The van der Waals surface area contributed by atoms with E-state index in [1.165, 1.54) is 5.56 Å². The van der Waals surface area contributed by atoms with Gasteiger partial charge >= 0.3 is 0 Å². The molecular formula is C15H17NOS. The molecule has 2 heterocycles. The van der Waals surface area contributed by atoms with Crippen LogP contribution in [0.25, 0.3) is 10.9 Å². The summed E-state index contributed by atoms with van der Waals surface area (Å²) in [6.45, 7) is 2.14. The molecule has 3 rings (SSSR count). The molecule has 18 heavy (non-hydrogen) atoms. The van der Waals surface area contributed by atoms with Gasteiger partial charge in [-0.25, -0.2) is 0 Å². The fraction of sp³-hybridized carbons (Fsp3) is 0.400. The van der Waals surface area contributed by atoms with Crippen LogP contribution in [0.5, 0.6) is 0 Å². The second-order valence-corrected chi connectivity index (χ2v) is 6.21. The van der Waals surface area contributed by atoms with Crippen molar-refractivity contribution in [3.63, 3.8) is 0 Å². The Balaban J connectivity index is 2.00. The van der Waals surface area contributed by atoms with Gasteiger partial charge in [0.2, 0.25) is 0 Å². The van der Waals surface area contributed by atoms with Crippen molar-refractivity contribution < 1.29 is 5.11 Å². The van der Waals surface area contributed by atoms with E-state index in [1.807, 2.05) is 42.2 Å². The number of aliphatic hydroxyl groups is 1. The molecule has 1 fully saturated rings. The van der Waals surface area contributed by atoms with Crippen LogP contribution >= 0.6 is 11.8 Å². The third-order valence-corrected chi connectivity index (χ3v) is 5.31. The summed E-state index contributed by atoms with van der Waals surface area (Å²) in [5, 5.41) is 11.9. The summed E-state index contributed by atoms with van der Waals surface area (Å²) < 4.78 is 0. The van der Waals surface area contributed by atoms with E-state index in [0.29, 0.717) is 5.92 Å². The maximum atomic E-state index is 10.7. The molecule has 0 bridgehead atoms. The molecule has 1 aliphatic heterocycles. The summed E-state index contributed by atoms with van der Waals surface area (Å²) in [5.41, 5.74) is 1.66. The Hall–Kier alpha value is -1.06. The van der Waals surface area contributed by atoms with E-state index in [9.17, 15) is 5.11 Å². The van der Waals surface area contributed by atoms with Crippen molar-refractivity contribution in [2.75, 3.05) is 11.5 Å².